The molecule has 1 aliphatic heterocycles. The summed E-state index contributed by atoms with van der Waals surface area (Å²) in [5.41, 5.74) is 0.483. The third-order valence-electron chi connectivity index (χ3n) is 4.12. The number of halogens is 3. The number of carbonyl (C=O) groups excluding carboxylic acids is 2. The van der Waals surface area contributed by atoms with Crippen molar-refractivity contribution >= 4 is 39.3 Å². The van der Waals surface area contributed by atoms with Gasteiger partial charge in [0.1, 0.15) is 5.82 Å². The third kappa shape index (κ3) is 3.85. The second-order valence-corrected chi connectivity index (χ2v) is 7.01. The molecule has 0 bridgehead atoms. The second kappa shape index (κ2) is 7.54. The molecule has 2 aromatic rings. The van der Waals surface area contributed by atoms with E-state index >= 15 is 0 Å². The van der Waals surface area contributed by atoms with E-state index in [4.69, 9.17) is 11.6 Å². The van der Waals surface area contributed by atoms with Gasteiger partial charge in [-0.2, -0.15) is 0 Å². The van der Waals surface area contributed by atoms with Gasteiger partial charge >= 0.3 is 0 Å². The Morgan fingerprint density at radius 2 is 1.48 bits per heavy atom. The molecule has 0 N–H and O–H groups in total. The van der Waals surface area contributed by atoms with Gasteiger partial charge in [-0.3, -0.25) is 9.59 Å². The maximum atomic E-state index is 14.0. The summed E-state index contributed by atoms with van der Waals surface area (Å²) in [4.78, 5) is 28.2. The lowest BCUT2D eigenvalue weighted by Crippen LogP contribution is -2.50. The van der Waals surface area contributed by atoms with Crippen molar-refractivity contribution in [2.75, 3.05) is 26.2 Å². The van der Waals surface area contributed by atoms with E-state index in [2.05, 4.69) is 15.9 Å². The van der Waals surface area contributed by atoms with Crippen molar-refractivity contribution in [2.24, 2.45) is 0 Å². The Balaban J connectivity index is 1.66. The predicted octanol–water partition coefficient (Wildman–Crippen LogP) is 3.84. The van der Waals surface area contributed by atoms with Gasteiger partial charge in [-0.25, -0.2) is 4.39 Å². The molecule has 7 heteroatoms. The molecule has 4 nitrogen and oxygen atoms in total. The maximum absolute atomic E-state index is 14.0. The molecule has 1 fully saturated rings. The molecule has 0 saturated carbocycles. The fourth-order valence-corrected chi connectivity index (χ4v) is 3.30. The molecule has 1 heterocycles. The molecule has 3 rings (SSSR count). The number of benzene rings is 2. The second-order valence-electron chi connectivity index (χ2n) is 5.69. The molecule has 0 aromatic heterocycles. The zero-order valence-corrected chi connectivity index (χ0v) is 15.6. The number of piperazine rings is 1. The molecule has 0 spiro atoms. The van der Waals surface area contributed by atoms with Gasteiger partial charge in [-0.1, -0.05) is 39.7 Å². The summed E-state index contributed by atoms with van der Waals surface area (Å²) in [6, 6.07) is 11.2. The van der Waals surface area contributed by atoms with Gasteiger partial charge in [-0.15, -0.1) is 0 Å². The van der Waals surface area contributed by atoms with Crippen molar-refractivity contribution in [2.45, 2.75) is 0 Å². The van der Waals surface area contributed by atoms with E-state index in [1.807, 2.05) is 0 Å². The summed E-state index contributed by atoms with van der Waals surface area (Å²) in [5.74, 6) is -1.09. The van der Waals surface area contributed by atoms with E-state index in [-0.39, 0.29) is 17.4 Å². The summed E-state index contributed by atoms with van der Waals surface area (Å²) in [6.45, 7) is 1.47. The molecule has 2 aromatic carbocycles. The lowest BCUT2D eigenvalue weighted by molar-refractivity contribution is 0.0533. The average molecular weight is 426 g/mol. The zero-order chi connectivity index (χ0) is 18.0. The topological polar surface area (TPSA) is 40.6 Å². The largest absolute Gasteiger partial charge is 0.335 e. The van der Waals surface area contributed by atoms with E-state index in [1.54, 1.807) is 40.1 Å². The molecule has 2 amide bonds. The molecule has 1 aliphatic rings. The van der Waals surface area contributed by atoms with Gasteiger partial charge < -0.3 is 9.80 Å². The van der Waals surface area contributed by atoms with E-state index < -0.39 is 5.82 Å². The quantitative estimate of drug-likeness (QED) is 0.733. The number of hydrogen-bond donors (Lipinski definition) is 0. The zero-order valence-electron chi connectivity index (χ0n) is 13.2. The Labute approximate surface area is 158 Å². The van der Waals surface area contributed by atoms with Gasteiger partial charge in [-0.05, 0) is 30.3 Å². The van der Waals surface area contributed by atoms with Crippen molar-refractivity contribution in [3.63, 3.8) is 0 Å². The summed E-state index contributed by atoms with van der Waals surface area (Å²) in [7, 11) is 0. The highest BCUT2D eigenvalue weighted by molar-refractivity contribution is 9.10. The van der Waals surface area contributed by atoms with Crippen LogP contribution in [0.4, 0.5) is 4.39 Å². The third-order valence-corrected chi connectivity index (χ3v) is 4.94. The van der Waals surface area contributed by atoms with Gasteiger partial charge in [0.2, 0.25) is 0 Å². The monoisotopic (exact) mass is 424 g/mol. The first-order chi connectivity index (χ1) is 12.0. The standard InChI is InChI=1S/C18H15BrClFN2O2/c19-12-5-6-14(16(21)11-12)18(25)23-9-7-22(8-10-23)17(24)13-3-1-2-4-15(13)20/h1-6,11H,7-10H2. The van der Waals surface area contributed by atoms with Crippen LogP contribution in [0.1, 0.15) is 20.7 Å². The van der Waals surface area contributed by atoms with Crippen molar-refractivity contribution < 1.29 is 14.0 Å². The molecule has 1 saturated heterocycles. The Hall–Kier alpha value is -1.92. The smallest absolute Gasteiger partial charge is 0.256 e. The maximum Gasteiger partial charge on any atom is 0.256 e. The van der Waals surface area contributed by atoms with Gasteiger partial charge in [0.05, 0.1) is 16.1 Å². The van der Waals surface area contributed by atoms with Crippen LogP contribution in [0.2, 0.25) is 5.02 Å². The normalized spacial score (nSPS) is 14.5. The van der Waals surface area contributed by atoms with Crippen LogP contribution >= 0.6 is 27.5 Å². The fourth-order valence-electron chi connectivity index (χ4n) is 2.75. The molecule has 0 aliphatic carbocycles. The Morgan fingerprint density at radius 3 is 2.04 bits per heavy atom. The molecule has 25 heavy (non-hydrogen) atoms. The first-order valence-corrected chi connectivity index (χ1v) is 8.92. The minimum Gasteiger partial charge on any atom is -0.335 e. The minimum absolute atomic E-state index is 0.0362. The summed E-state index contributed by atoms with van der Waals surface area (Å²) in [5, 5.41) is 0.405. The number of nitrogens with zero attached hydrogens (tertiary/aromatic N) is 2. The van der Waals surface area contributed by atoms with Crippen LogP contribution < -0.4 is 0 Å². The van der Waals surface area contributed by atoms with Gasteiger partial charge in [0.15, 0.2) is 0 Å². The van der Waals surface area contributed by atoms with Crippen LogP contribution in [0, 0.1) is 5.82 Å². The molecule has 130 valence electrons. The van der Waals surface area contributed by atoms with Crippen molar-refractivity contribution in [1.29, 1.82) is 0 Å². The van der Waals surface area contributed by atoms with Crippen LogP contribution in [0.15, 0.2) is 46.9 Å². The van der Waals surface area contributed by atoms with E-state index in [9.17, 15) is 14.0 Å². The molecular formula is C18H15BrClFN2O2. The molecule has 0 atom stereocenters. The van der Waals surface area contributed by atoms with Crippen LogP contribution in [-0.4, -0.2) is 47.8 Å². The van der Waals surface area contributed by atoms with Crippen LogP contribution in [0.5, 0.6) is 0 Å². The average Bonchev–Trinajstić information content (AvgIpc) is 2.61. The minimum atomic E-state index is -0.561. The Bertz CT molecular complexity index is 822. The SMILES string of the molecule is O=C(c1ccc(Br)cc1F)N1CCN(C(=O)c2ccccc2Cl)CC1. The van der Waals surface area contributed by atoms with Crippen LogP contribution in [0.3, 0.4) is 0 Å². The Morgan fingerprint density at radius 1 is 0.920 bits per heavy atom. The van der Waals surface area contributed by atoms with Gasteiger partial charge in [0.25, 0.3) is 11.8 Å². The lowest BCUT2D eigenvalue weighted by Gasteiger charge is -2.35. The molecular weight excluding hydrogens is 411 g/mol. The summed E-state index contributed by atoms with van der Waals surface area (Å²) >= 11 is 9.24. The number of amides is 2. The van der Waals surface area contributed by atoms with Crippen molar-refractivity contribution in [3.05, 3.63) is 68.9 Å². The van der Waals surface area contributed by atoms with Crippen LogP contribution in [-0.2, 0) is 0 Å². The first kappa shape index (κ1) is 17.9. The van der Waals surface area contributed by atoms with Crippen LogP contribution in [0.25, 0.3) is 0 Å². The first-order valence-electron chi connectivity index (χ1n) is 7.75. The number of rotatable bonds is 2. The number of carbonyl (C=O) groups is 2. The predicted molar refractivity (Wildman–Crippen MR) is 97.4 cm³/mol. The molecule has 0 radical (unpaired) electrons. The molecule has 0 unspecified atom stereocenters. The highest BCUT2D eigenvalue weighted by atomic mass is 79.9. The van der Waals surface area contributed by atoms with E-state index in [0.29, 0.717) is 41.2 Å². The highest BCUT2D eigenvalue weighted by Gasteiger charge is 2.27. The van der Waals surface area contributed by atoms with E-state index in [0.717, 1.165) is 0 Å². The Kier molecular flexibility index (Phi) is 5.39. The van der Waals surface area contributed by atoms with Crippen molar-refractivity contribution in [1.82, 2.24) is 9.80 Å². The van der Waals surface area contributed by atoms with E-state index in [1.165, 1.54) is 12.1 Å². The fraction of sp³-hybridized carbons (Fsp3) is 0.222. The number of hydrogen-bond acceptors (Lipinski definition) is 2. The van der Waals surface area contributed by atoms with Crippen molar-refractivity contribution in [3.8, 4) is 0 Å². The lowest BCUT2D eigenvalue weighted by atomic mass is 10.1. The highest BCUT2D eigenvalue weighted by Crippen LogP contribution is 2.20. The summed E-state index contributed by atoms with van der Waals surface area (Å²) in [6.07, 6.45) is 0. The summed E-state index contributed by atoms with van der Waals surface area (Å²) < 4.78 is 14.6. The van der Waals surface area contributed by atoms with Gasteiger partial charge in [0, 0.05) is 30.7 Å².